The lowest BCUT2D eigenvalue weighted by Crippen LogP contribution is -2.26. The van der Waals surface area contributed by atoms with E-state index in [-0.39, 0.29) is 18.3 Å². The lowest BCUT2D eigenvalue weighted by molar-refractivity contribution is 0.0178. The van der Waals surface area contributed by atoms with Crippen molar-refractivity contribution in [2.24, 2.45) is 0 Å². The van der Waals surface area contributed by atoms with Crippen molar-refractivity contribution in [1.82, 2.24) is 4.90 Å². The van der Waals surface area contributed by atoms with Gasteiger partial charge in [0, 0.05) is 47.8 Å². The van der Waals surface area contributed by atoms with Crippen molar-refractivity contribution < 1.29 is 31.8 Å². The number of thiophene rings is 1. The van der Waals surface area contributed by atoms with Crippen molar-refractivity contribution in [3.63, 3.8) is 0 Å². The van der Waals surface area contributed by atoms with Crippen LogP contribution in [0.4, 0.5) is 17.6 Å². The Balaban J connectivity index is 1.29. The third kappa shape index (κ3) is 7.43. The van der Waals surface area contributed by atoms with Crippen molar-refractivity contribution in [3.8, 4) is 33.4 Å². The van der Waals surface area contributed by atoms with Crippen LogP contribution in [-0.4, -0.2) is 37.3 Å². The highest BCUT2D eigenvalue weighted by Crippen LogP contribution is 2.50. The Kier molecular flexibility index (Phi) is 9.28. The fourth-order valence-corrected chi connectivity index (χ4v) is 6.71. The third-order valence-electron chi connectivity index (χ3n) is 7.75. The van der Waals surface area contributed by atoms with Gasteiger partial charge in [-0.25, -0.2) is 13.2 Å². The first-order chi connectivity index (χ1) is 21.8. The molecule has 45 heavy (non-hydrogen) atoms. The van der Waals surface area contributed by atoms with Gasteiger partial charge in [-0.1, -0.05) is 36.4 Å². The van der Waals surface area contributed by atoms with E-state index in [0.717, 1.165) is 54.7 Å². The number of alkyl halides is 3. The van der Waals surface area contributed by atoms with Crippen LogP contribution in [0.1, 0.15) is 30.9 Å². The van der Waals surface area contributed by atoms with Gasteiger partial charge in [-0.3, -0.25) is 9.29 Å². The first-order valence-corrected chi connectivity index (χ1v) is 15.7. The van der Waals surface area contributed by atoms with Crippen LogP contribution in [0.3, 0.4) is 0 Å². The standard InChI is InChI=1S/C36H33F4NO3S/c1-36(39,40)32-20-25(38)8-14-30(32)35-34(31-15-13-28(21-33(31)45-35)42-23-24-6-3-2-4-7-24)44-27-11-9-26(10-12-27)43-29-16-19-41(22-29)18-5-17-37/h2-4,6-15,20-21,29H,5,16-19,22-23H2,1H3/t29-/m0/s1. The fraction of sp³-hybridized carbons (Fsp3) is 0.278. The smallest absolute Gasteiger partial charge is 0.271 e. The summed E-state index contributed by atoms with van der Waals surface area (Å²) in [6.07, 6.45) is 1.42. The van der Waals surface area contributed by atoms with E-state index in [4.69, 9.17) is 14.2 Å². The summed E-state index contributed by atoms with van der Waals surface area (Å²) in [6, 6.07) is 25.9. The Hall–Kier alpha value is -4.08. The molecule has 1 aliphatic rings. The first kappa shape index (κ1) is 30.9. The lowest BCUT2D eigenvalue weighted by Gasteiger charge is -2.17. The number of hydrogen-bond donors (Lipinski definition) is 0. The molecule has 0 spiro atoms. The number of rotatable bonds is 12. The summed E-state index contributed by atoms with van der Waals surface area (Å²) in [7, 11) is 0. The van der Waals surface area contributed by atoms with Gasteiger partial charge in [-0.15, -0.1) is 11.3 Å². The minimum atomic E-state index is -3.28. The largest absolute Gasteiger partial charge is 0.489 e. The third-order valence-corrected chi connectivity index (χ3v) is 8.91. The molecule has 1 aliphatic heterocycles. The van der Waals surface area contributed by atoms with E-state index >= 15 is 0 Å². The molecule has 234 valence electrons. The molecule has 0 N–H and O–H groups in total. The molecule has 4 nitrogen and oxygen atoms in total. The molecular formula is C36H33F4NO3S. The van der Waals surface area contributed by atoms with Crippen LogP contribution in [0.2, 0.25) is 0 Å². The highest BCUT2D eigenvalue weighted by Gasteiger charge is 2.31. The second-order valence-electron chi connectivity index (χ2n) is 11.2. The van der Waals surface area contributed by atoms with Gasteiger partial charge >= 0.3 is 0 Å². The Morgan fingerprint density at radius 3 is 2.42 bits per heavy atom. The molecule has 0 bridgehead atoms. The molecule has 4 aromatic carbocycles. The highest BCUT2D eigenvalue weighted by molar-refractivity contribution is 7.22. The van der Waals surface area contributed by atoms with E-state index in [0.29, 0.717) is 40.9 Å². The van der Waals surface area contributed by atoms with Gasteiger partial charge in [-0.2, -0.15) is 0 Å². The quantitative estimate of drug-likeness (QED) is 0.128. The van der Waals surface area contributed by atoms with Crippen molar-refractivity contribution in [2.45, 2.75) is 38.4 Å². The number of benzene rings is 4. The Morgan fingerprint density at radius 2 is 1.67 bits per heavy atom. The van der Waals surface area contributed by atoms with Gasteiger partial charge in [0.25, 0.3) is 5.92 Å². The molecule has 6 rings (SSSR count). The highest BCUT2D eigenvalue weighted by atomic mass is 32.1. The van der Waals surface area contributed by atoms with E-state index in [1.807, 2.05) is 60.7 Å². The number of nitrogens with zero attached hydrogens (tertiary/aromatic N) is 1. The molecule has 1 atom stereocenters. The van der Waals surface area contributed by atoms with E-state index < -0.39 is 17.3 Å². The molecule has 0 unspecified atom stereocenters. The van der Waals surface area contributed by atoms with Crippen LogP contribution in [0.5, 0.6) is 23.0 Å². The zero-order valence-electron chi connectivity index (χ0n) is 24.8. The zero-order valence-corrected chi connectivity index (χ0v) is 25.6. The number of fused-ring (bicyclic) bond motifs is 1. The van der Waals surface area contributed by atoms with Crippen molar-refractivity contribution in [2.75, 3.05) is 26.3 Å². The Bertz CT molecular complexity index is 1740. The molecule has 0 amide bonds. The molecular weight excluding hydrogens is 602 g/mol. The second kappa shape index (κ2) is 13.5. The lowest BCUT2D eigenvalue weighted by atomic mass is 10.00. The molecule has 9 heteroatoms. The first-order valence-electron chi connectivity index (χ1n) is 14.9. The van der Waals surface area contributed by atoms with Crippen LogP contribution in [-0.2, 0) is 12.5 Å². The van der Waals surface area contributed by atoms with Gasteiger partial charge < -0.3 is 14.2 Å². The van der Waals surface area contributed by atoms with Crippen LogP contribution in [0, 0.1) is 5.82 Å². The zero-order chi connectivity index (χ0) is 31.4. The number of hydrogen-bond acceptors (Lipinski definition) is 5. The number of ether oxygens (including phenoxy) is 3. The SMILES string of the molecule is CC(F)(F)c1cc(F)ccc1-c1sc2cc(OCc3ccccc3)ccc2c1Oc1ccc(O[C@H]2CCN(CCCF)C2)cc1. The summed E-state index contributed by atoms with van der Waals surface area (Å²) in [4.78, 5) is 2.66. The average Bonchev–Trinajstić information content (AvgIpc) is 3.63. The monoisotopic (exact) mass is 635 g/mol. The minimum Gasteiger partial charge on any atom is -0.489 e. The Labute approximate surface area is 263 Å². The summed E-state index contributed by atoms with van der Waals surface area (Å²) in [5.41, 5.74) is 0.801. The molecule has 5 aromatic rings. The van der Waals surface area contributed by atoms with E-state index in [1.165, 1.54) is 23.5 Å². The van der Waals surface area contributed by atoms with E-state index in [2.05, 4.69) is 4.90 Å². The predicted molar refractivity (Wildman–Crippen MR) is 170 cm³/mol. The molecule has 1 aromatic heterocycles. The summed E-state index contributed by atoms with van der Waals surface area (Å²) >= 11 is 1.28. The Morgan fingerprint density at radius 1 is 0.911 bits per heavy atom. The maximum Gasteiger partial charge on any atom is 0.271 e. The summed E-state index contributed by atoms with van der Waals surface area (Å²) in [6.45, 7) is 3.17. The second-order valence-corrected chi connectivity index (χ2v) is 12.3. The maximum atomic E-state index is 14.8. The molecule has 2 heterocycles. The fourth-order valence-electron chi connectivity index (χ4n) is 5.52. The van der Waals surface area contributed by atoms with Gasteiger partial charge in [0.05, 0.1) is 11.6 Å². The molecule has 0 saturated carbocycles. The summed E-state index contributed by atoms with van der Waals surface area (Å²) < 4.78 is 75.6. The van der Waals surface area contributed by atoms with Gasteiger partial charge in [-0.05, 0) is 73.0 Å². The van der Waals surface area contributed by atoms with Crippen LogP contribution in [0.25, 0.3) is 20.5 Å². The van der Waals surface area contributed by atoms with Crippen molar-refractivity contribution in [1.29, 1.82) is 0 Å². The summed E-state index contributed by atoms with van der Waals surface area (Å²) in [5.74, 6) is -1.82. The summed E-state index contributed by atoms with van der Waals surface area (Å²) in [5, 5.41) is 0.719. The average molecular weight is 636 g/mol. The van der Waals surface area contributed by atoms with Gasteiger partial charge in [0.2, 0.25) is 0 Å². The van der Waals surface area contributed by atoms with Gasteiger partial charge in [0.1, 0.15) is 35.8 Å². The topological polar surface area (TPSA) is 30.9 Å². The van der Waals surface area contributed by atoms with E-state index in [1.54, 1.807) is 12.1 Å². The molecule has 0 aliphatic carbocycles. The molecule has 0 radical (unpaired) electrons. The number of likely N-dealkylation sites (tertiary alicyclic amines) is 1. The molecule has 1 saturated heterocycles. The maximum absolute atomic E-state index is 14.8. The van der Waals surface area contributed by atoms with Crippen LogP contribution < -0.4 is 14.2 Å². The predicted octanol–water partition coefficient (Wildman–Crippen LogP) is 10.0. The van der Waals surface area contributed by atoms with Crippen molar-refractivity contribution in [3.05, 3.63) is 108 Å². The normalized spacial score (nSPS) is 15.4. The minimum absolute atomic E-state index is 0.0229. The van der Waals surface area contributed by atoms with Crippen molar-refractivity contribution >= 4 is 21.4 Å². The van der Waals surface area contributed by atoms with E-state index in [9.17, 15) is 17.6 Å². The van der Waals surface area contributed by atoms with Crippen LogP contribution >= 0.6 is 11.3 Å². The number of halogens is 4. The van der Waals surface area contributed by atoms with Gasteiger partial charge in [0.15, 0.2) is 5.75 Å². The van der Waals surface area contributed by atoms with Crippen LogP contribution in [0.15, 0.2) is 91.0 Å². The molecule has 1 fully saturated rings.